The van der Waals surface area contributed by atoms with Crippen LogP contribution in [0.5, 0.6) is 0 Å². The summed E-state index contributed by atoms with van der Waals surface area (Å²) in [6.07, 6.45) is 6.61. The zero-order chi connectivity index (χ0) is 7.23. The van der Waals surface area contributed by atoms with E-state index in [1.807, 2.05) is 12.1 Å². The third kappa shape index (κ3) is 3.18. The molecule has 0 unspecified atom stereocenters. The zero-order valence-electron chi connectivity index (χ0n) is 6.81. The van der Waals surface area contributed by atoms with E-state index >= 15 is 0 Å². The van der Waals surface area contributed by atoms with Gasteiger partial charge in [0.1, 0.15) is 0 Å². The Labute approximate surface area is 63.1 Å². The van der Waals surface area contributed by atoms with Gasteiger partial charge in [-0.25, -0.2) is 0 Å². The van der Waals surface area contributed by atoms with Crippen molar-refractivity contribution >= 4 is 0 Å². The Morgan fingerprint density at radius 3 is 2.60 bits per heavy atom. The maximum absolute atomic E-state index is 5.40. The van der Waals surface area contributed by atoms with Crippen LogP contribution in [-0.2, 0) is 4.84 Å². The number of hydroxylamine groups is 2. The molecule has 1 aliphatic rings. The van der Waals surface area contributed by atoms with Crippen LogP contribution in [-0.4, -0.2) is 25.3 Å². The molecule has 2 heteroatoms. The molecule has 0 amide bonds. The van der Waals surface area contributed by atoms with Crippen LogP contribution in [0.2, 0.25) is 0 Å². The van der Waals surface area contributed by atoms with Crippen LogP contribution in [0.3, 0.4) is 0 Å². The van der Waals surface area contributed by atoms with E-state index in [0.29, 0.717) is 0 Å². The van der Waals surface area contributed by atoms with Crippen molar-refractivity contribution in [2.75, 3.05) is 20.2 Å². The standard InChI is InChI=1S/C8H17NO/c1-9-7-5-3-2-4-6-8-10-9/h2-8H2,1H3. The molecule has 1 rings (SSSR count). The summed E-state index contributed by atoms with van der Waals surface area (Å²) in [6.45, 7) is 2.01. The number of hydrogen-bond acceptors (Lipinski definition) is 2. The van der Waals surface area contributed by atoms with Gasteiger partial charge in [0.15, 0.2) is 0 Å². The number of hydrogen-bond donors (Lipinski definition) is 0. The van der Waals surface area contributed by atoms with Crippen LogP contribution < -0.4 is 0 Å². The maximum Gasteiger partial charge on any atom is 0.0684 e. The lowest BCUT2D eigenvalue weighted by atomic mass is 10.1. The van der Waals surface area contributed by atoms with Crippen molar-refractivity contribution in [3.05, 3.63) is 0 Å². The second-order valence-corrected chi connectivity index (χ2v) is 2.95. The molecule has 2 nitrogen and oxygen atoms in total. The van der Waals surface area contributed by atoms with E-state index in [4.69, 9.17) is 4.84 Å². The summed E-state index contributed by atoms with van der Waals surface area (Å²) in [7, 11) is 2.02. The Balaban J connectivity index is 2.15. The third-order valence-corrected chi connectivity index (χ3v) is 1.93. The van der Waals surface area contributed by atoms with Crippen molar-refractivity contribution in [3.8, 4) is 0 Å². The normalized spacial score (nSPS) is 24.9. The number of nitrogens with zero attached hydrogens (tertiary/aromatic N) is 1. The van der Waals surface area contributed by atoms with E-state index in [2.05, 4.69) is 0 Å². The van der Waals surface area contributed by atoms with Crippen LogP contribution in [0.25, 0.3) is 0 Å². The molecule has 1 aliphatic heterocycles. The van der Waals surface area contributed by atoms with Crippen LogP contribution in [0.15, 0.2) is 0 Å². The van der Waals surface area contributed by atoms with Crippen molar-refractivity contribution in [2.24, 2.45) is 0 Å². The van der Waals surface area contributed by atoms with Gasteiger partial charge in [-0.15, -0.1) is 0 Å². The lowest BCUT2D eigenvalue weighted by Gasteiger charge is -2.14. The third-order valence-electron chi connectivity index (χ3n) is 1.93. The highest BCUT2D eigenvalue weighted by Gasteiger charge is 2.01. The fourth-order valence-electron chi connectivity index (χ4n) is 1.25. The largest absolute Gasteiger partial charge is 0.299 e. The molecule has 0 bridgehead atoms. The molecule has 10 heavy (non-hydrogen) atoms. The second kappa shape index (κ2) is 4.69. The van der Waals surface area contributed by atoms with E-state index in [0.717, 1.165) is 13.2 Å². The van der Waals surface area contributed by atoms with Crippen molar-refractivity contribution in [3.63, 3.8) is 0 Å². The fourth-order valence-corrected chi connectivity index (χ4v) is 1.25. The van der Waals surface area contributed by atoms with Gasteiger partial charge in [0, 0.05) is 13.6 Å². The van der Waals surface area contributed by atoms with E-state index < -0.39 is 0 Å². The highest BCUT2D eigenvalue weighted by molar-refractivity contribution is 4.48. The molecule has 0 aromatic heterocycles. The molecule has 1 fully saturated rings. The molecule has 1 heterocycles. The average Bonchev–Trinajstić information content (AvgIpc) is 2.02. The molecule has 0 aromatic carbocycles. The first-order chi connectivity index (χ1) is 4.89. The van der Waals surface area contributed by atoms with Gasteiger partial charge < -0.3 is 0 Å². The Morgan fingerprint density at radius 1 is 1.00 bits per heavy atom. The highest BCUT2D eigenvalue weighted by atomic mass is 16.7. The summed E-state index contributed by atoms with van der Waals surface area (Å²) in [4.78, 5) is 5.40. The average molecular weight is 143 g/mol. The van der Waals surface area contributed by atoms with Gasteiger partial charge in [0.25, 0.3) is 0 Å². The Bertz CT molecular complexity index is 75.3. The van der Waals surface area contributed by atoms with Crippen molar-refractivity contribution in [2.45, 2.75) is 32.1 Å². The molecule has 1 saturated heterocycles. The minimum absolute atomic E-state index is 0.913. The van der Waals surface area contributed by atoms with Crippen LogP contribution in [0.4, 0.5) is 0 Å². The minimum atomic E-state index is 0.913. The van der Waals surface area contributed by atoms with Gasteiger partial charge in [-0.05, 0) is 12.8 Å². The van der Waals surface area contributed by atoms with Crippen molar-refractivity contribution in [1.29, 1.82) is 0 Å². The van der Waals surface area contributed by atoms with E-state index in [1.165, 1.54) is 32.1 Å². The summed E-state index contributed by atoms with van der Waals surface area (Å²) in [6, 6.07) is 0. The predicted octanol–water partition coefficient (Wildman–Crippen LogP) is 1.81. The van der Waals surface area contributed by atoms with Gasteiger partial charge in [-0.2, -0.15) is 5.06 Å². The summed E-state index contributed by atoms with van der Waals surface area (Å²) in [5.74, 6) is 0. The summed E-state index contributed by atoms with van der Waals surface area (Å²) in [5.41, 5.74) is 0. The molecule has 0 aliphatic carbocycles. The summed E-state index contributed by atoms with van der Waals surface area (Å²) < 4.78 is 0. The lowest BCUT2D eigenvalue weighted by Crippen LogP contribution is -2.19. The smallest absolute Gasteiger partial charge is 0.0684 e. The molecule has 0 saturated carbocycles. The van der Waals surface area contributed by atoms with Gasteiger partial charge >= 0.3 is 0 Å². The van der Waals surface area contributed by atoms with Crippen LogP contribution in [0, 0.1) is 0 Å². The Morgan fingerprint density at radius 2 is 1.70 bits per heavy atom. The van der Waals surface area contributed by atoms with Crippen molar-refractivity contribution in [1.82, 2.24) is 5.06 Å². The van der Waals surface area contributed by atoms with Gasteiger partial charge in [0.2, 0.25) is 0 Å². The highest BCUT2D eigenvalue weighted by Crippen LogP contribution is 2.07. The minimum Gasteiger partial charge on any atom is -0.299 e. The molecular weight excluding hydrogens is 126 g/mol. The molecule has 0 aromatic rings. The van der Waals surface area contributed by atoms with Gasteiger partial charge in [-0.1, -0.05) is 19.3 Å². The molecule has 0 spiro atoms. The first-order valence-electron chi connectivity index (χ1n) is 4.23. The van der Waals surface area contributed by atoms with Gasteiger partial charge in [-0.3, -0.25) is 4.84 Å². The van der Waals surface area contributed by atoms with E-state index in [-0.39, 0.29) is 0 Å². The zero-order valence-corrected chi connectivity index (χ0v) is 6.81. The fraction of sp³-hybridized carbons (Fsp3) is 1.00. The quantitative estimate of drug-likeness (QED) is 0.513. The molecule has 0 radical (unpaired) electrons. The second-order valence-electron chi connectivity index (χ2n) is 2.95. The first-order valence-corrected chi connectivity index (χ1v) is 4.23. The molecular formula is C8H17NO. The monoisotopic (exact) mass is 143 g/mol. The summed E-state index contributed by atoms with van der Waals surface area (Å²) in [5, 5.41) is 1.96. The Kier molecular flexibility index (Phi) is 3.76. The van der Waals surface area contributed by atoms with E-state index in [9.17, 15) is 0 Å². The molecule has 60 valence electrons. The molecule has 0 atom stereocenters. The van der Waals surface area contributed by atoms with Crippen molar-refractivity contribution < 1.29 is 4.84 Å². The lowest BCUT2D eigenvalue weighted by molar-refractivity contribution is -0.139. The first kappa shape index (κ1) is 8.02. The van der Waals surface area contributed by atoms with Crippen LogP contribution >= 0.6 is 0 Å². The number of rotatable bonds is 0. The Hall–Kier alpha value is -0.0800. The predicted molar refractivity (Wildman–Crippen MR) is 41.7 cm³/mol. The maximum atomic E-state index is 5.40. The molecule has 0 N–H and O–H groups in total. The van der Waals surface area contributed by atoms with Gasteiger partial charge in [0.05, 0.1) is 6.61 Å². The van der Waals surface area contributed by atoms with Crippen LogP contribution in [0.1, 0.15) is 32.1 Å². The summed E-state index contributed by atoms with van der Waals surface area (Å²) >= 11 is 0. The topological polar surface area (TPSA) is 12.5 Å². The van der Waals surface area contributed by atoms with E-state index in [1.54, 1.807) is 0 Å². The SMILES string of the molecule is CN1CCCCCCCO1.